The van der Waals surface area contributed by atoms with E-state index in [0.717, 1.165) is 26.2 Å². The van der Waals surface area contributed by atoms with Crippen molar-refractivity contribution in [3.63, 3.8) is 0 Å². The third-order valence-corrected chi connectivity index (χ3v) is 4.97. The lowest BCUT2D eigenvalue weighted by Gasteiger charge is -2.05. The highest BCUT2D eigenvalue weighted by atomic mass is 32.2. The van der Waals surface area contributed by atoms with Crippen molar-refractivity contribution in [3.8, 4) is 0 Å². The Morgan fingerprint density at radius 2 is 1.33 bits per heavy atom. The van der Waals surface area contributed by atoms with Crippen LogP contribution in [0.25, 0.3) is 0 Å². The molecule has 4 nitrogen and oxygen atoms in total. The van der Waals surface area contributed by atoms with E-state index in [1.54, 1.807) is 0 Å². The minimum Gasteiger partial charge on any atom is -0.297 e. The van der Waals surface area contributed by atoms with Crippen molar-refractivity contribution < 1.29 is 8.42 Å². The van der Waals surface area contributed by atoms with Crippen LogP contribution < -0.4 is 0 Å². The molecule has 2 aliphatic heterocycles. The number of sulfone groups is 1. The molecule has 0 aromatic heterocycles. The van der Waals surface area contributed by atoms with Crippen LogP contribution in [-0.4, -0.2) is 68.0 Å². The molecule has 0 spiro atoms. The number of hydrogen-bond acceptors (Lipinski definition) is 4. The van der Waals surface area contributed by atoms with Crippen LogP contribution >= 0.6 is 0 Å². The Balaban J connectivity index is 1.65. The molecule has 15 heavy (non-hydrogen) atoms. The largest absolute Gasteiger partial charge is 0.297 e. The molecule has 2 aliphatic rings. The minimum atomic E-state index is -2.82. The van der Waals surface area contributed by atoms with Gasteiger partial charge >= 0.3 is 0 Å². The van der Waals surface area contributed by atoms with Gasteiger partial charge in [0.15, 0.2) is 9.84 Å². The Morgan fingerprint density at radius 3 is 1.60 bits per heavy atom. The van der Waals surface area contributed by atoms with Gasteiger partial charge in [-0.1, -0.05) is 0 Å². The SMILES string of the molecule is C[C@H]1CN1CCS(=O)(=O)CCN1C[C@@H]1C. The molecule has 0 aromatic rings. The summed E-state index contributed by atoms with van der Waals surface area (Å²) in [5.74, 6) is 0.666. The molecule has 2 rings (SSSR count). The van der Waals surface area contributed by atoms with Gasteiger partial charge in [-0.15, -0.1) is 0 Å². The van der Waals surface area contributed by atoms with Crippen LogP contribution in [0.2, 0.25) is 0 Å². The van der Waals surface area contributed by atoms with Crippen molar-refractivity contribution in [2.24, 2.45) is 0 Å². The fourth-order valence-electron chi connectivity index (χ4n) is 1.82. The molecular formula is C10H20N2O2S. The number of nitrogens with zero attached hydrogens (tertiary/aromatic N) is 2. The summed E-state index contributed by atoms with van der Waals surface area (Å²) < 4.78 is 23.3. The molecule has 5 heteroatoms. The Kier molecular flexibility index (Phi) is 3.05. The van der Waals surface area contributed by atoms with Gasteiger partial charge in [-0.2, -0.15) is 0 Å². The van der Waals surface area contributed by atoms with E-state index in [2.05, 4.69) is 23.6 Å². The predicted molar refractivity (Wildman–Crippen MR) is 60.7 cm³/mol. The van der Waals surface area contributed by atoms with E-state index in [1.807, 2.05) is 0 Å². The van der Waals surface area contributed by atoms with E-state index in [4.69, 9.17) is 0 Å². The standard InChI is InChI=1S/C10H20N2O2S/c1-9-7-11(9)3-5-15(13,14)6-4-12-8-10(12)2/h9-10H,3-8H2,1-2H3/t9-,10-,11?,12?/m0/s1. The van der Waals surface area contributed by atoms with E-state index in [9.17, 15) is 8.42 Å². The van der Waals surface area contributed by atoms with E-state index in [1.165, 1.54) is 0 Å². The first-order valence-corrected chi connectivity index (χ1v) is 7.48. The van der Waals surface area contributed by atoms with Crippen LogP contribution in [0.1, 0.15) is 13.8 Å². The number of hydrogen-bond donors (Lipinski definition) is 0. The molecule has 2 saturated heterocycles. The predicted octanol–water partition coefficient (Wildman–Crippen LogP) is -0.191. The summed E-state index contributed by atoms with van der Waals surface area (Å²) in [6, 6.07) is 1.21. The van der Waals surface area contributed by atoms with Crippen LogP contribution in [0.15, 0.2) is 0 Å². The highest BCUT2D eigenvalue weighted by Gasteiger charge is 2.32. The van der Waals surface area contributed by atoms with Crippen LogP contribution in [0, 0.1) is 0 Å². The van der Waals surface area contributed by atoms with Crippen molar-refractivity contribution >= 4 is 9.84 Å². The van der Waals surface area contributed by atoms with Gasteiger partial charge in [-0.3, -0.25) is 9.80 Å². The van der Waals surface area contributed by atoms with Gasteiger partial charge < -0.3 is 0 Å². The van der Waals surface area contributed by atoms with Gasteiger partial charge in [0.2, 0.25) is 0 Å². The fourth-order valence-corrected chi connectivity index (χ4v) is 3.05. The highest BCUT2D eigenvalue weighted by Crippen LogP contribution is 2.17. The summed E-state index contributed by atoms with van der Waals surface area (Å²) in [6.45, 7) is 7.84. The Hall–Kier alpha value is -0.130. The van der Waals surface area contributed by atoms with Crippen LogP contribution in [0.4, 0.5) is 0 Å². The van der Waals surface area contributed by atoms with Gasteiger partial charge in [0.05, 0.1) is 11.5 Å². The lowest BCUT2D eigenvalue weighted by atomic mass is 10.6. The second-order valence-corrected chi connectivity index (χ2v) is 7.14. The van der Waals surface area contributed by atoms with Crippen molar-refractivity contribution in [1.29, 1.82) is 0 Å². The Bertz CT molecular complexity index is 302. The minimum absolute atomic E-state index is 0.333. The smallest absolute Gasteiger partial charge is 0.152 e. The third-order valence-electron chi connectivity index (χ3n) is 3.36. The molecule has 0 saturated carbocycles. The van der Waals surface area contributed by atoms with E-state index in [-0.39, 0.29) is 0 Å². The van der Waals surface area contributed by atoms with E-state index >= 15 is 0 Å². The Labute approximate surface area is 92.2 Å². The van der Waals surface area contributed by atoms with Crippen LogP contribution in [-0.2, 0) is 9.84 Å². The third kappa shape index (κ3) is 3.43. The maximum absolute atomic E-state index is 11.7. The molecule has 0 aromatic carbocycles. The van der Waals surface area contributed by atoms with Crippen molar-refractivity contribution in [2.45, 2.75) is 25.9 Å². The van der Waals surface area contributed by atoms with Crippen molar-refractivity contribution in [3.05, 3.63) is 0 Å². The Morgan fingerprint density at radius 1 is 1.00 bits per heavy atom. The second-order valence-electron chi connectivity index (χ2n) is 4.84. The summed E-state index contributed by atoms with van der Waals surface area (Å²) in [5, 5.41) is 0. The summed E-state index contributed by atoms with van der Waals surface area (Å²) in [4.78, 5) is 4.38. The van der Waals surface area contributed by atoms with Gasteiger partial charge in [0.1, 0.15) is 0 Å². The molecular weight excluding hydrogens is 212 g/mol. The zero-order valence-corrected chi connectivity index (χ0v) is 10.3. The summed E-state index contributed by atoms with van der Waals surface area (Å²) >= 11 is 0. The summed E-state index contributed by atoms with van der Waals surface area (Å²) in [7, 11) is -2.82. The molecule has 0 N–H and O–H groups in total. The first-order chi connectivity index (χ1) is 6.98. The first-order valence-electron chi connectivity index (χ1n) is 5.66. The lowest BCUT2D eigenvalue weighted by molar-refractivity contribution is 0.521. The van der Waals surface area contributed by atoms with Crippen LogP contribution in [0.5, 0.6) is 0 Å². The topological polar surface area (TPSA) is 40.2 Å². The van der Waals surface area contributed by atoms with Crippen molar-refractivity contribution in [2.75, 3.05) is 37.7 Å². The van der Waals surface area contributed by atoms with Crippen molar-refractivity contribution in [1.82, 2.24) is 9.80 Å². The quantitative estimate of drug-likeness (QED) is 0.595. The average molecular weight is 232 g/mol. The van der Waals surface area contributed by atoms with Crippen LogP contribution in [0.3, 0.4) is 0 Å². The fraction of sp³-hybridized carbons (Fsp3) is 1.00. The van der Waals surface area contributed by atoms with Gasteiger partial charge in [-0.25, -0.2) is 8.42 Å². The average Bonchev–Trinajstić information content (AvgIpc) is 3.01. The first kappa shape index (κ1) is 11.4. The summed E-state index contributed by atoms with van der Waals surface area (Å²) in [6.07, 6.45) is 0. The molecule has 0 bridgehead atoms. The maximum Gasteiger partial charge on any atom is 0.152 e. The van der Waals surface area contributed by atoms with E-state index in [0.29, 0.717) is 23.6 Å². The molecule has 4 atom stereocenters. The zero-order chi connectivity index (χ0) is 11.1. The second kappa shape index (κ2) is 4.03. The maximum atomic E-state index is 11.7. The lowest BCUT2D eigenvalue weighted by Crippen LogP contribution is -2.23. The molecule has 0 amide bonds. The normalized spacial score (nSPS) is 39.1. The summed E-state index contributed by atoms with van der Waals surface area (Å²) in [5.41, 5.74) is 0. The molecule has 0 radical (unpaired) electrons. The molecule has 2 unspecified atom stereocenters. The van der Waals surface area contributed by atoms with Gasteiger partial charge in [-0.05, 0) is 13.8 Å². The molecule has 2 heterocycles. The zero-order valence-electron chi connectivity index (χ0n) is 9.52. The van der Waals surface area contributed by atoms with E-state index < -0.39 is 9.84 Å². The highest BCUT2D eigenvalue weighted by molar-refractivity contribution is 7.91. The monoisotopic (exact) mass is 232 g/mol. The van der Waals surface area contributed by atoms with Gasteiger partial charge in [0, 0.05) is 38.3 Å². The van der Waals surface area contributed by atoms with Gasteiger partial charge in [0.25, 0.3) is 0 Å². The molecule has 0 aliphatic carbocycles. The molecule has 88 valence electrons. The molecule has 2 fully saturated rings. The number of rotatable bonds is 6.